The molecule has 70 valence electrons. The van der Waals surface area contributed by atoms with E-state index in [0.717, 1.165) is 5.92 Å². The molecule has 0 bridgehead atoms. The van der Waals surface area contributed by atoms with Gasteiger partial charge in [-0.15, -0.1) is 36.2 Å². The zero-order valence-corrected chi connectivity index (χ0v) is 8.97. The summed E-state index contributed by atoms with van der Waals surface area (Å²) in [6, 6.07) is 0. The second-order valence-electron chi connectivity index (χ2n) is 2.64. The molecule has 0 atom stereocenters. The molecule has 12 heavy (non-hydrogen) atoms. The van der Waals surface area contributed by atoms with Gasteiger partial charge in [-0.2, -0.15) is 0 Å². The number of rotatable bonds is 2. The van der Waals surface area contributed by atoms with Crippen LogP contribution in [0.25, 0.3) is 0 Å². The molecule has 1 aromatic rings. The van der Waals surface area contributed by atoms with Gasteiger partial charge in [-0.3, -0.25) is 0 Å². The van der Waals surface area contributed by atoms with Crippen LogP contribution in [0.4, 0.5) is 0 Å². The van der Waals surface area contributed by atoms with Crippen molar-refractivity contribution < 1.29 is 0 Å². The molecule has 1 saturated carbocycles. The Morgan fingerprint density at radius 3 is 2.67 bits per heavy atom. The van der Waals surface area contributed by atoms with Crippen molar-refractivity contribution in [1.82, 2.24) is 4.98 Å². The third-order valence-electron chi connectivity index (χ3n) is 1.82. The second kappa shape index (κ2) is 5.02. The van der Waals surface area contributed by atoms with E-state index in [0.29, 0.717) is 6.54 Å². The molecule has 1 aliphatic rings. The standard InChI is InChI=1S/C7H10N2S.2ClH/c8-3-6-7(5-1-2-5)9-4-10-6;;/h4-5H,1-3,8H2;2*1H. The van der Waals surface area contributed by atoms with Gasteiger partial charge in [-0.25, -0.2) is 4.98 Å². The summed E-state index contributed by atoms with van der Waals surface area (Å²) in [5.74, 6) is 0.754. The highest BCUT2D eigenvalue weighted by atomic mass is 35.5. The average Bonchev–Trinajstić information content (AvgIpc) is 2.69. The van der Waals surface area contributed by atoms with Gasteiger partial charge >= 0.3 is 0 Å². The van der Waals surface area contributed by atoms with E-state index in [-0.39, 0.29) is 24.8 Å². The van der Waals surface area contributed by atoms with Crippen molar-refractivity contribution in [3.05, 3.63) is 16.1 Å². The lowest BCUT2D eigenvalue weighted by molar-refractivity contribution is 0.978. The van der Waals surface area contributed by atoms with Crippen LogP contribution in [0.1, 0.15) is 29.3 Å². The first-order valence-electron chi connectivity index (χ1n) is 3.54. The number of aromatic nitrogens is 1. The van der Waals surface area contributed by atoms with Gasteiger partial charge in [0.1, 0.15) is 0 Å². The Morgan fingerprint density at radius 2 is 2.17 bits per heavy atom. The lowest BCUT2D eigenvalue weighted by Crippen LogP contribution is -1.96. The van der Waals surface area contributed by atoms with E-state index in [1.165, 1.54) is 23.4 Å². The molecule has 1 heterocycles. The second-order valence-corrected chi connectivity index (χ2v) is 3.58. The highest BCUT2D eigenvalue weighted by Gasteiger charge is 2.27. The molecule has 0 aromatic carbocycles. The molecule has 0 aliphatic heterocycles. The summed E-state index contributed by atoms with van der Waals surface area (Å²) in [4.78, 5) is 5.57. The minimum atomic E-state index is 0. The predicted molar refractivity (Wildman–Crippen MR) is 56.5 cm³/mol. The first-order chi connectivity index (χ1) is 4.92. The van der Waals surface area contributed by atoms with Crippen LogP contribution in [0, 0.1) is 0 Å². The average molecular weight is 227 g/mol. The summed E-state index contributed by atoms with van der Waals surface area (Å²) in [6.45, 7) is 0.663. The molecule has 0 radical (unpaired) electrons. The van der Waals surface area contributed by atoms with E-state index < -0.39 is 0 Å². The van der Waals surface area contributed by atoms with Gasteiger partial charge < -0.3 is 5.73 Å². The van der Waals surface area contributed by atoms with Crippen LogP contribution in [0.2, 0.25) is 0 Å². The summed E-state index contributed by atoms with van der Waals surface area (Å²) in [5, 5.41) is 0. The summed E-state index contributed by atoms with van der Waals surface area (Å²) in [6.07, 6.45) is 2.63. The smallest absolute Gasteiger partial charge is 0.0798 e. The Balaban J connectivity index is 0.000000605. The van der Waals surface area contributed by atoms with Crippen molar-refractivity contribution in [2.24, 2.45) is 5.73 Å². The van der Waals surface area contributed by atoms with Crippen molar-refractivity contribution in [1.29, 1.82) is 0 Å². The monoisotopic (exact) mass is 226 g/mol. The van der Waals surface area contributed by atoms with Gasteiger partial charge in [0, 0.05) is 17.3 Å². The Labute approximate surface area is 88.4 Å². The highest BCUT2D eigenvalue weighted by Crippen LogP contribution is 2.41. The Morgan fingerprint density at radius 1 is 1.50 bits per heavy atom. The summed E-state index contributed by atoms with van der Waals surface area (Å²) < 4.78 is 0. The van der Waals surface area contributed by atoms with E-state index >= 15 is 0 Å². The van der Waals surface area contributed by atoms with E-state index in [9.17, 15) is 0 Å². The molecular weight excluding hydrogens is 215 g/mol. The first-order valence-corrected chi connectivity index (χ1v) is 4.42. The molecule has 5 heteroatoms. The van der Waals surface area contributed by atoms with Gasteiger partial charge in [0.15, 0.2) is 0 Å². The maximum absolute atomic E-state index is 5.53. The van der Waals surface area contributed by atoms with Crippen molar-refractivity contribution in [2.75, 3.05) is 0 Å². The molecule has 0 spiro atoms. The van der Waals surface area contributed by atoms with E-state index in [4.69, 9.17) is 5.73 Å². The lowest BCUT2D eigenvalue weighted by Gasteiger charge is -1.93. The molecule has 2 nitrogen and oxygen atoms in total. The van der Waals surface area contributed by atoms with Crippen molar-refractivity contribution in [2.45, 2.75) is 25.3 Å². The SMILES string of the molecule is Cl.Cl.NCc1scnc1C1CC1. The van der Waals surface area contributed by atoms with Crippen molar-refractivity contribution in [3.8, 4) is 0 Å². The van der Waals surface area contributed by atoms with Crippen LogP contribution >= 0.6 is 36.2 Å². The zero-order chi connectivity index (χ0) is 6.97. The van der Waals surface area contributed by atoms with Crippen LogP contribution in [-0.2, 0) is 6.54 Å². The third kappa shape index (κ3) is 2.33. The predicted octanol–water partition coefficient (Wildman–Crippen LogP) is 2.32. The van der Waals surface area contributed by atoms with Crippen molar-refractivity contribution >= 4 is 36.2 Å². The lowest BCUT2D eigenvalue weighted by atomic mass is 10.2. The molecule has 0 unspecified atom stereocenters. The maximum atomic E-state index is 5.53. The quantitative estimate of drug-likeness (QED) is 0.842. The summed E-state index contributed by atoms with van der Waals surface area (Å²) in [7, 11) is 0. The van der Waals surface area contributed by atoms with Crippen LogP contribution < -0.4 is 5.73 Å². The van der Waals surface area contributed by atoms with Crippen LogP contribution in [0.3, 0.4) is 0 Å². The minimum absolute atomic E-state index is 0. The van der Waals surface area contributed by atoms with E-state index in [2.05, 4.69) is 4.98 Å². The number of nitrogens with two attached hydrogens (primary N) is 1. The highest BCUT2D eigenvalue weighted by molar-refractivity contribution is 7.09. The largest absolute Gasteiger partial charge is 0.326 e. The number of halogens is 2. The topological polar surface area (TPSA) is 38.9 Å². The van der Waals surface area contributed by atoms with Gasteiger partial charge in [0.25, 0.3) is 0 Å². The minimum Gasteiger partial charge on any atom is -0.326 e. The molecule has 2 rings (SSSR count). The van der Waals surface area contributed by atoms with Crippen molar-refractivity contribution in [3.63, 3.8) is 0 Å². The Bertz CT molecular complexity index is 235. The van der Waals surface area contributed by atoms with Gasteiger partial charge in [-0.05, 0) is 12.8 Å². The Hall–Kier alpha value is 0.170. The molecule has 0 saturated heterocycles. The van der Waals surface area contributed by atoms with E-state index in [1.54, 1.807) is 11.3 Å². The normalized spacial score (nSPS) is 14.8. The number of hydrogen-bond acceptors (Lipinski definition) is 3. The molecule has 1 fully saturated rings. The fraction of sp³-hybridized carbons (Fsp3) is 0.571. The van der Waals surface area contributed by atoms with Gasteiger partial charge in [0.2, 0.25) is 0 Å². The summed E-state index contributed by atoms with van der Waals surface area (Å²) >= 11 is 1.68. The molecule has 0 amide bonds. The number of nitrogens with zero attached hydrogens (tertiary/aromatic N) is 1. The molecular formula is C7H12Cl2N2S. The third-order valence-corrected chi connectivity index (χ3v) is 2.69. The van der Waals surface area contributed by atoms with Crippen LogP contribution in [0.5, 0.6) is 0 Å². The van der Waals surface area contributed by atoms with E-state index in [1.807, 2.05) is 5.51 Å². The Kier molecular flexibility index (Phi) is 5.09. The summed E-state index contributed by atoms with van der Waals surface area (Å²) in [5.41, 5.74) is 8.70. The fourth-order valence-corrected chi connectivity index (χ4v) is 1.85. The number of hydrogen-bond donors (Lipinski definition) is 1. The first kappa shape index (κ1) is 12.2. The molecule has 1 aliphatic carbocycles. The van der Waals surface area contributed by atoms with Crippen LogP contribution in [0.15, 0.2) is 5.51 Å². The van der Waals surface area contributed by atoms with Gasteiger partial charge in [0.05, 0.1) is 11.2 Å². The fourth-order valence-electron chi connectivity index (χ4n) is 1.12. The van der Waals surface area contributed by atoms with Crippen LogP contribution in [-0.4, -0.2) is 4.98 Å². The molecule has 2 N–H and O–H groups in total. The van der Waals surface area contributed by atoms with Gasteiger partial charge in [-0.1, -0.05) is 0 Å². The zero-order valence-electron chi connectivity index (χ0n) is 6.53. The maximum Gasteiger partial charge on any atom is 0.0798 e. The number of thiazole rings is 1. The molecule has 1 aromatic heterocycles.